The van der Waals surface area contributed by atoms with Gasteiger partial charge in [-0.25, -0.2) is 4.39 Å². The maximum absolute atomic E-state index is 12.5. The number of nitrogens with zero attached hydrogens (tertiary/aromatic N) is 2. The first-order valence-corrected chi connectivity index (χ1v) is 8.20. The third-order valence-electron chi connectivity index (χ3n) is 3.72. The average Bonchev–Trinajstić information content (AvgIpc) is 3.10. The lowest BCUT2D eigenvalue weighted by Gasteiger charge is -2.02. The fraction of sp³-hybridized carbons (Fsp3) is 0. The molecule has 0 spiro atoms. The molecule has 0 saturated heterocycles. The summed E-state index contributed by atoms with van der Waals surface area (Å²) in [4.78, 5) is 8.55. The SMILES string of the molecule is N#Cc1ccc(N)c(F)c1.Sc1c[nH]c(-c2cccc3cccnc23)c1. The number of benzene rings is 2. The largest absolute Gasteiger partial charge is 0.396 e. The predicted molar refractivity (Wildman–Crippen MR) is 104 cm³/mol. The van der Waals surface area contributed by atoms with E-state index in [1.165, 1.54) is 12.1 Å². The third kappa shape index (κ3) is 3.85. The minimum Gasteiger partial charge on any atom is -0.396 e. The lowest BCUT2D eigenvalue weighted by atomic mass is 10.1. The van der Waals surface area contributed by atoms with Crippen LogP contribution in [0.5, 0.6) is 0 Å². The van der Waals surface area contributed by atoms with Crippen molar-refractivity contribution in [1.29, 1.82) is 5.26 Å². The van der Waals surface area contributed by atoms with Crippen LogP contribution in [0.1, 0.15) is 5.56 Å². The molecule has 6 heteroatoms. The quantitative estimate of drug-likeness (QED) is 0.336. The molecule has 128 valence electrons. The number of aromatic amines is 1. The van der Waals surface area contributed by atoms with E-state index in [-0.39, 0.29) is 11.3 Å². The van der Waals surface area contributed by atoms with Gasteiger partial charge in [-0.15, -0.1) is 12.6 Å². The molecular weight excluding hydrogens is 347 g/mol. The molecule has 4 rings (SSSR count). The number of fused-ring (bicyclic) bond motifs is 1. The smallest absolute Gasteiger partial charge is 0.147 e. The lowest BCUT2D eigenvalue weighted by molar-refractivity contribution is 0.632. The first-order chi connectivity index (χ1) is 12.6. The third-order valence-corrected chi connectivity index (χ3v) is 3.98. The Morgan fingerprint density at radius 2 is 1.92 bits per heavy atom. The van der Waals surface area contributed by atoms with Gasteiger partial charge in [0.25, 0.3) is 0 Å². The number of anilines is 1. The minimum absolute atomic E-state index is 0.0685. The van der Waals surface area contributed by atoms with Crippen molar-refractivity contribution in [2.45, 2.75) is 4.90 Å². The Morgan fingerprint density at radius 3 is 2.62 bits per heavy atom. The second-order valence-electron chi connectivity index (χ2n) is 5.50. The van der Waals surface area contributed by atoms with Gasteiger partial charge in [0.1, 0.15) is 5.82 Å². The maximum atomic E-state index is 12.5. The summed E-state index contributed by atoms with van der Waals surface area (Å²) in [5.74, 6) is -0.543. The Bertz CT molecular complexity index is 1090. The first-order valence-electron chi connectivity index (χ1n) is 7.75. The Morgan fingerprint density at radius 1 is 1.12 bits per heavy atom. The molecule has 0 fully saturated rings. The zero-order valence-corrected chi connectivity index (χ0v) is 14.5. The topological polar surface area (TPSA) is 78.5 Å². The molecule has 0 aliphatic carbocycles. The highest BCUT2D eigenvalue weighted by Gasteiger charge is 2.05. The van der Waals surface area contributed by atoms with E-state index >= 15 is 0 Å². The summed E-state index contributed by atoms with van der Waals surface area (Å²) in [7, 11) is 0. The fourth-order valence-electron chi connectivity index (χ4n) is 2.46. The van der Waals surface area contributed by atoms with Crippen LogP contribution >= 0.6 is 12.6 Å². The van der Waals surface area contributed by atoms with Gasteiger partial charge in [-0.2, -0.15) is 5.26 Å². The highest BCUT2D eigenvalue weighted by Crippen LogP contribution is 2.27. The molecule has 0 saturated carbocycles. The monoisotopic (exact) mass is 362 g/mol. The van der Waals surface area contributed by atoms with Gasteiger partial charge in [-0.1, -0.05) is 24.3 Å². The number of halogens is 1. The molecule has 0 radical (unpaired) electrons. The van der Waals surface area contributed by atoms with Crippen LogP contribution in [-0.4, -0.2) is 9.97 Å². The predicted octanol–water partition coefficient (Wildman–Crippen LogP) is 4.80. The molecule has 0 unspecified atom stereocenters. The summed E-state index contributed by atoms with van der Waals surface area (Å²) in [5, 5.41) is 9.44. The number of nitriles is 1. The maximum Gasteiger partial charge on any atom is 0.147 e. The van der Waals surface area contributed by atoms with Crippen LogP contribution in [0.3, 0.4) is 0 Å². The molecule has 2 aromatic heterocycles. The fourth-order valence-corrected chi connectivity index (χ4v) is 2.65. The van der Waals surface area contributed by atoms with Crippen LogP contribution in [-0.2, 0) is 0 Å². The highest BCUT2D eigenvalue weighted by atomic mass is 32.1. The zero-order chi connectivity index (χ0) is 18.5. The van der Waals surface area contributed by atoms with Gasteiger partial charge in [0.2, 0.25) is 0 Å². The second-order valence-corrected chi connectivity index (χ2v) is 6.02. The molecule has 2 heterocycles. The summed E-state index contributed by atoms with van der Waals surface area (Å²) < 4.78 is 12.5. The van der Waals surface area contributed by atoms with Gasteiger partial charge in [0.15, 0.2) is 0 Å². The Balaban J connectivity index is 0.000000170. The van der Waals surface area contributed by atoms with Crippen LogP contribution in [0.15, 0.2) is 71.9 Å². The minimum atomic E-state index is -0.543. The highest BCUT2D eigenvalue weighted by molar-refractivity contribution is 7.80. The number of thiol groups is 1. The number of rotatable bonds is 1. The van der Waals surface area contributed by atoms with Crippen LogP contribution in [0.4, 0.5) is 10.1 Å². The molecule has 26 heavy (non-hydrogen) atoms. The Labute approximate surface area is 155 Å². The van der Waals surface area contributed by atoms with Crippen LogP contribution in [0, 0.1) is 17.1 Å². The number of hydrogen-bond donors (Lipinski definition) is 3. The van der Waals surface area contributed by atoms with Crippen molar-refractivity contribution >= 4 is 29.2 Å². The average molecular weight is 362 g/mol. The van der Waals surface area contributed by atoms with Crippen LogP contribution < -0.4 is 5.73 Å². The molecule has 2 aromatic carbocycles. The van der Waals surface area contributed by atoms with E-state index in [0.29, 0.717) is 0 Å². The first kappa shape index (κ1) is 17.5. The standard InChI is InChI=1S/C13H10N2S.C7H5FN2/c16-10-7-12(15-8-10)11-5-1-3-9-4-2-6-14-13(9)11;8-6-3-5(4-9)1-2-7(6)10/h1-8,15-16H;1-3H,10H2. The summed E-state index contributed by atoms with van der Waals surface area (Å²) >= 11 is 4.30. The molecule has 0 amide bonds. The van der Waals surface area contributed by atoms with Crippen molar-refractivity contribution in [2.24, 2.45) is 0 Å². The number of nitrogen functional groups attached to an aromatic ring is 1. The van der Waals surface area contributed by atoms with E-state index in [4.69, 9.17) is 11.0 Å². The second kappa shape index (κ2) is 7.72. The lowest BCUT2D eigenvalue weighted by Crippen LogP contribution is -1.89. The number of aromatic nitrogens is 2. The van der Waals surface area contributed by atoms with Gasteiger partial charge in [-0.05, 0) is 30.3 Å². The summed E-state index contributed by atoms with van der Waals surface area (Å²) in [6.07, 6.45) is 3.69. The van der Waals surface area contributed by atoms with E-state index < -0.39 is 5.82 Å². The van der Waals surface area contributed by atoms with Gasteiger partial charge >= 0.3 is 0 Å². The Kier molecular flexibility index (Phi) is 5.20. The van der Waals surface area contributed by atoms with E-state index in [1.807, 2.05) is 30.6 Å². The Hall–Kier alpha value is -3.30. The van der Waals surface area contributed by atoms with Crippen molar-refractivity contribution in [2.75, 3.05) is 5.73 Å². The molecule has 3 N–H and O–H groups in total. The van der Waals surface area contributed by atoms with Crippen LogP contribution in [0.25, 0.3) is 22.2 Å². The van der Waals surface area contributed by atoms with E-state index in [9.17, 15) is 4.39 Å². The molecule has 4 aromatic rings. The van der Waals surface area contributed by atoms with Gasteiger partial charge in [0, 0.05) is 33.9 Å². The number of H-pyrrole nitrogens is 1. The molecule has 0 atom stereocenters. The van der Waals surface area contributed by atoms with Crippen molar-refractivity contribution in [1.82, 2.24) is 9.97 Å². The van der Waals surface area contributed by atoms with Crippen molar-refractivity contribution < 1.29 is 4.39 Å². The molecule has 0 aliphatic heterocycles. The molecule has 0 aliphatic rings. The van der Waals surface area contributed by atoms with Crippen molar-refractivity contribution in [3.8, 4) is 17.3 Å². The normalized spacial score (nSPS) is 10.0. The number of pyridine rings is 1. The van der Waals surface area contributed by atoms with E-state index in [0.717, 1.165) is 33.1 Å². The summed E-state index contributed by atoms with van der Waals surface area (Å²) in [6.45, 7) is 0. The van der Waals surface area contributed by atoms with Gasteiger partial charge in [-0.3, -0.25) is 4.98 Å². The van der Waals surface area contributed by atoms with Crippen molar-refractivity contribution in [3.63, 3.8) is 0 Å². The summed E-state index contributed by atoms with van der Waals surface area (Å²) in [5.41, 5.74) is 8.69. The van der Waals surface area contributed by atoms with E-state index in [1.54, 1.807) is 6.07 Å². The van der Waals surface area contributed by atoms with Crippen LogP contribution in [0.2, 0.25) is 0 Å². The number of nitrogens with two attached hydrogens (primary N) is 1. The van der Waals surface area contributed by atoms with Gasteiger partial charge < -0.3 is 10.7 Å². The number of para-hydroxylation sites is 1. The number of hydrogen-bond acceptors (Lipinski definition) is 4. The van der Waals surface area contributed by atoms with E-state index in [2.05, 4.69) is 40.8 Å². The molecule has 4 nitrogen and oxygen atoms in total. The van der Waals surface area contributed by atoms with Gasteiger partial charge in [0.05, 0.1) is 22.8 Å². The molecular formula is C20H15FN4S. The van der Waals surface area contributed by atoms with Crippen molar-refractivity contribution in [3.05, 3.63) is 78.4 Å². The zero-order valence-electron chi connectivity index (χ0n) is 13.6. The molecule has 0 bridgehead atoms. The number of nitrogens with one attached hydrogen (secondary N) is 1. The summed E-state index contributed by atoms with van der Waals surface area (Å²) in [6, 6.07) is 17.9.